The lowest BCUT2D eigenvalue weighted by molar-refractivity contribution is 0.0110. The van der Waals surface area contributed by atoms with Gasteiger partial charge in [-0.15, -0.1) is 0 Å². The molecule has 2 aromatic carbocycles. The van der Waals surface area contributed by atoms with Crippen molar-refractivity contribution in [2.75, 3.05) is 5.75 Å². The molecule has 0 radical (unpaired) electrons. The van der Waals surface area contributed by atoms with E-state index in [9.17, 15) is 13.2 Å². The minimum Gasteiger partial charge on any atom is -0.466 e. The fraction of sp³-hybridized carbons (Fsp3) is 0.423. The van der Waals surface area contributed by atoms with Gasteiger partial charge in [-0.2, -0.15) is 0 Å². The number of pyridine rings is 1. The van der Waals surface area contributed by atoms with Crippen LogP contribution in [0.5, 0.6) is 5.75 Å². The number of fused-ring (bicyclic) bond motifs is 1. The number of ether oxygens (including phenoxy) is 1. The van der Waals surface area contributed by atoms with Crippen molar-refractivity contribution in [2.45, 2.75) is 63.9 Å². The third-order valence-electron chi connectivity index (χ3n) is 6.63. The zero-order valence-electron chi connectivity index (χ0n) is 21.3. The molecule has 8 heteroatoms. The first-order chi connectivity index (χ1) is 15.7. The number of sulfone groups is 1. The highest BCUT2D eigenvalue weighted by Gasteiger charge is 2.39. The van der Waals surface area contributed by atoms with Gasteiger partial charge in [0.1, 0.15) is 5.75 Å². The van der Waals surface area contributed by atoms with Crippen LogP contribution < -0.4 is 10.3 Å². The van der Waals surface area contributed by atoms with Gasteiger partial charge in [-0.3, -0.25) is 4.79 Å². The second kappa shape index (κ2) is 9.32. The predicted molar refractivity (Wildman–Crippen MR) is 141 cm³/mol. The number of hydrogen-bond acceptors (Lipinski definition) is 5. The van der Waals surface area contributed by atoms with E-state index in [4.69, 9.17) is 9.16 Å². The van der Waals surface area contributed by atoms with Crippen LogP contribution in [-0.2, 0) is 21.3 Å². The van der Waals surface area contributed by atoms with Gasteiger partial charge in [-0.25, -0.2) is 8.42 Å². The molecule has 184 valence electrons. The maximum atomic E-state index is 12.7. The third-order valence-corrected chi connectivity index (χ3v) is 12.9. The molecule has 0 saturated heterocycles. The fourth-order valence-electron chi connectivity index (χ4n) is 3.61. The average molecular weight is 502 g/mol. The summed E-state index contributed by atoms with van der Waals surface area (Å²) in [5.74, 6) is 0.496. The lowest BCUT2D eigenvalue weighted by atomic mass is 10.00. The summed E-state index contributed by atoms with van der Waals surface area (Å²) in [5.41, 5.74) is 1.21. The minimum atomic E-state index is -3.44. The molecule has 3 aromatic rings. The van der Waals surface area contributed by atoms with Crippen molar-refractivity contribution in [2.24, 2.45) is 7.05 Å². The Labute approximate surface area is 203 Å². The van der Waals surface area contributed by atoms with E-state index in [1.165, 1.54) is 4.57 Å². The Kier molecular flexibility index (Phi) is 7.18. The van der Waals surface area contributed by atoms with Gasteiger partial charge in [0.25, 0.3) is 5.56 Å². The molecule has 1 unspecified atom stereocenters. The largest absolute Gasteiger partial charge is 0.466 e. The van der Waals surface area contributed by atoms with Crippen LogP contribution in [0.2, 0.25) is 18.1 Å². The summed E-state index contributed by atoms with van der Waals surface area (Å²) < 4.78 is 39.6. The molecular weight excluding hydrogens is 466 g/mol. The van der Waals surface area contributed by atoms with E-state index in [1.54, 1.807) is 44.4 Å². The molecule has 1 aromatic heterocycles. The van der Waals surface area contributed by atoms with E-state index in [-0.39, 0.29) is 21.2 Å². The van der Waals surface area contributed by atoms with Gasteiger partial charge in [0, 0.05) is 29.8 Å². The maximum absolute atomic E-state index is 12.7. The Bertz CT molecular complexity index is 1370. The number of benzene rings is 2. The highest BCUT2D eigenvalue weighted by atomic mass is 32.2. The van der Waals surface area contributed by atoms with Crippen molar-refractivity contribution in [3.8, 4) is 16.9 Å². The molecule has 0 bridgehead atoms. The normalized spacial score (nSPS) is 13.8. The molecule has 0 aliphatic rings. The summed E-state index contributed by atoms with van der Waals surface area (Å²) in [5, 5.41) is 1.31. The average Bonchev–Trinajstić information content (AvgIpc) is 2.75. The third kappa shape index (κ3) is 5.14. The Morgan fingerprint density at radius 3 is 2.24 bits per heavy atom. The Hall–Kier alpha value is -2.42. The second-order valence-corrected chi connectivity index (χ2v) is 17.2. The Morgan fingerprint density at radius 1 is 1.03 bits per heavy atom. The van der Waals surface area contributed by atoms with E-state index >= 15 is 0 Å². The quantitative estimate of drug-likeness (QED) is 0.305. The van der Waals surface area contributed by atoms with Gasteiger partial charge in [-0.1, -0.05) is 45.9 Å². The standard InChI is InChI=1S/C26H35NO5SSi/c1-9-33(29,30)19-14-15-24(31-18(2)32-34(7,8)26(3,4)5)22(16-19)23-17-27(6)25(28)21-13-11-10-12-20(21)23/h10-18H,9H2,1-8H3. The zero-order valence-corrected chi connectivity index (χ0v) is 23.1. The van der Waals surface area contributed by atoms with Gasteiger partial charge < -0.3 is 13.7 Å². The molecule has 1 atom stereocenters. The van der Waals surface area contributed by atoms with Gasteiger partial charge in [0.05, 0.1) is 10.6 Å². The monoisotopic (exact) mass is 501 g/mol. The van der Waals surface area contributed by atoms with E-state index in [1.807, 2.05) is 25.1 Å². The first-order valence-corrected chi connectivity index (χ1v) is 16.0. The maximum Gasteiger partial charge on any atom is 0.258 e. The zero-order chi connectivity index (χ0) is 25.5. The van der Waals surface area contributed by atoms with Gasteiger partial charge >= 0.3 is 0 Å². The molecule has 0 N–H and O–H groups in total. The van der Waals surface area contributed by atoms with Crippen molar-refractivity contribution < 1.29 is 17.6 Å². The summed E-state index contributed by atoms with van der Waals surface area (Å²) in [6.07, 6.45) is 1.20. The molecule has 0 amide bonds. The minimum absolute atomic E-state index is 0.00838. The summed E-state index contributed by atoms with van der Waals surface area (Å²) >= 11 is 0. The molecule has 34 heavy (non-hydrogen) atoms. The molecule has 6 nitrogen and oxygen atoms in total. The Balaban J connectivity index is 2.20. The smallest absolute Gasteiger partial charge is 0.258 e. The topological polar surface area (TPSA) is 74.6 Å². The lowest BCUT2D eigenvalue weighted by Gasteiger charge is -2.38. The van der Waals surface area contributed by atoms with E-state index in [0.717, 1.165) is 10.9 Å². The van der Waals surface area contributed by atoms with Crippen LogP contribution in [0.15, 0.2) is 58.4 Å². The highest BCUT2D eigenvalue weighted by Crippen LogP contribution is 2.39. The highest BCUT2D eigenvalue weighted by molar-refractivity contribution is 7.91. The lowest BCUT2D eigenvalue weighted by Crippen LogP contribution is -2.44. The van der Waals surface area contributed by atoms with Crippen molar-refractivity contribution in [3.63, 3.8) is 0 Å². The summed E-state index contributed by atoms with van der Waals surface area (Å²) in [6, 6.07) is 12.2. The van der Waals surface area contributed by atoms with E-state index in [2.05, 4.69) is 33.9 Å². The summed E-state index contributed by atoms with van der Waals surface area (Å²) in [7, 11) is -3.84. The first-order valence-electron chi connectivity index (χ1n) is 11.5. The van der Waals surface area contributed by atoms with E-state index in [0.29, 0.717) is 16.7 Å². The van der Waals surface area contributed by atoms with Crippen LogP contribution in [0.25, 0.3) is 21.9 Å². The molecule has 0 spiro atoms. The van der Waals surface area contributed by atoms with Crippen molar-refractivity contribution in [1.82, 2.24) is 4.57 Å². The molecule has 0 fully saturated rings. The predicted octanol–water partition coefficient (Wildman–Crippen LogP) is 5.75. The molecule has 1 heterocycles. The van der Waals surface area contributed by atoms with Gasteiger partial charge in [0.15, 0.2) is 24.4 Å². The number of nitrogens with zero attached hydrogens (tertiary/aromatic N) is 1. The van der Waals surface area contributed by atoms with Crippen LogP contribution in [0.3, 0.4) is 0 Å². The van der Waals surface area contributed by atoms with Crippen LogP contribution >= 0.6 is 0 Å². The number of rotatable bonds is 7. The molecule has 3 rings (SSSR count). The number of aromatic nitrogens is 1. The molecule has 0 aliphatic heterocycles. The summed E-state index contributed by atoms with van der Waals surface area (Å²) in [4.78, 5) is 12.9. The molecular formula is C26H35NO5SSi. The number of hydrogen-bond donors (Lipinski definition) is 0. The van der Waals surface area contributed by atoms with Crippen molar-refractivity contribution >= 4 is 28.9 Å². The molecule has 0 aliphatic carbocycles. The van der Waals surface area contributed by atoms with Crippen LogP contribution in [0, 0.1) is 0 Å². The second-order valence-electron chi connectivity index (χ2n) is 10.1. The SMILES string of the molecule is CCS(=O)(=O)c1ccc(OC(C)O[Si](C)(C)C(C)(C)C)c(-c2cn(C)c(=O)c3ccccc23)c1. The van der Waals surface area contributed by atoms with Crippen LogP contribution in [0.1, 0.15) is 34.6 Å². The van der Waals surface area contributed by atoms with Crippen LogP contribution in [-0.4, -0.2) is 33.3 Å². The molecule has 0 saturated carbocycles. The van der Waals surface area contributed by atoms with Crippen LogP contribution in [0.4, 0.5) is 0 Å². The van der Waals surface area contributed by atoms with Crippen molar-refractivity contribution in [3.05, 3.63) is 59.0 Å². The number of aryl methyl sites for hydroxylation is 1. The van der Waals surface area contributed by atoms with Gasteiger partial charge in [0.2, 0.25) is 0 Å². The van der Waals surface area contributed by atoms with E-state index < -0.39 is 24.4 Å². The fourth-order valence-corrected chi connectivity index (χ4v) is 5.75. The van der Waals surface area contributed by atoms with Gasteiger partial charge in [-0.05, 0) is 54.7 Å². The summed E-state index contributed by atoms with van der Waals surface area (Å²) in [6.45, 7) is 14.3. The Morgan fingerprint density at radius 2 is 1.65 bits per heavy atom. The van der Waals surface area contributed by atoms with Crippen molar-refractivity contribution in [1.29, 1.82) is 0 Å². The first kappa shape index (κ1) is 26.2.